The molecule has 2 amide bonds. The molecule has 106 valence electrons. The van der Waals surface area contributed by atoms with Crippen molar-refractivity contribution in [2.75, 3.05) is 13.2 Å². The van der Waals surface area contributed by atoms with Crippen LogP contribution in [0.3, 0.4) is 0 Å². The van der Waals surface area contributed by atoms with Crippen LogP contribution in [0.15, 0.2) is 0 Å². The van der Waals surface area contributed by atoms with Crippen LogP contribution in [0, 0.1) is 0 Å². The zero-order chi connectivity index (χ0) is 13.8. The molecule has 3 saturated heterocycles. The Morgan fingerprint density at radius 2 is 2.05 bits per heavy atom. The average molecular weight is 268 g/mol. The Morgan fingerprint density at radius 3 is 2.74 bits per heavy atom. The number of fused-ring (bicyclic) bond motifs is 4. The van der Waals surface area contributed by atoms with Gasteiger partial charge in [-0.3, -0.25) is 9.80 Å². The summed E-state index contributed by atoms with van der Waals surface area (Å²) in [6, 6.07) is 0.112. The molecular formula is C13H20N2O4. The highest BCUT2D eigenvalue weighted by Crippen LogP contribution is 2.37. The molecule has 2 bridgehead atoms. The number of carbonyl (C=O) groups excluding carboxylic acids is 2. The van der Waals surface area contributed by atoms with Crippen molar-refractivity contribution in [1.82, 2.24) is 9.80 Å². The van der Waals surface area contributed by atoms with Crippen LogP contribution in [0.25, 0.3) is 0 Å². The van der Waals surface area contributed by atoms with Crippen LogP contribution in [0.2, 0.25) is 0 Å². The molecule has 3 aliphatic rings. The number of nitrogens with zero attached hydrogens (tertiary/aromatic N) is 2. The summed E-state index contributed by atoms with van der Waals surface area (Å²) in [5.74, 6) is 0. The predicted molar refractivity (Wildman–Crippen MR) is 66.7 cm³/mol. The lowest BCUT2D eigenvalue weighted by Crippen LogP contribution is -2.61. The van der Waals surface area contributed by atoms with Crippen molar-refractivity contribution in [2.45, 2.75) is 57.3 Å². The summed E-state index contributed by atoms with van der Waals surface area (Å²) in [5, 5.41) is 0. The van der Waals surface area contributed by atoms with Crippen LogP contribution in [0.1, 0.15) is 33.6 Å². The van der Waals surface area contributed by atoms with Gasteiger partial charge in [-0.2, -0.15) is 0 Å². The molecule has 0 spiro atoms. The van der Waals surface area contributed by atoms with E-state index in [-0.39, 0.29) is 30.3 Å². The van der Waals surface area contributed by atoms with Gasteiger partial charge in [0.05, 0.1) is 18.1 Å². The molecule has 3 heterocycles. The molecule has 0 unspecified atom stereocenters. The first kappa shape index (κ1) is 12.6. The second-order valence-electron chi connectivity index (χ2n) is 6.48. The lowest BCUT2D eigenvalue weighted by Gasteiger charge is -2.42. The molecule has 0 aliphatic carbocycles. The predicted octanol–water partition coefficient (Wildman–Crippen LogP) is 1.59. The first-order valence-corrected chi connectivity index (χ1v) is 6.81. The van der Waals surface area contributed by atoms with Crippen molar-refractivity contribution < 1.29 is 19.1 Å². The van der Waals surface area contributed by atoms with Crippen molar-refractivity contribution in [3.05, 3.63) is 0 Å². The van der Waals surface area contributed by atoms with Gasteiger partial charge in [-0.15, -0.1) is 0 Å². The quantitative estimate of drug-likeness (QED) is 0.669. The minimum absolute atomic E-state index is 0.00114. The SMILES string of the molecule is CC(C)(C)OC(=O)N1[C@H]2CC[C@@H]1[C@H]1COC(=O)N1C2. The van der Waals surface area contributed by atoms with Crippen LogP contribution < -0.4 is 0 Å². The van der Waals surface area contributed by atoms with E-state index in [1.807, 2.05) is 25.7 Å². The van der Waals surface area contributed by atoms with E-state index in [2.05, 4.69) is 0 Å². The molecule has 6 nitrogen and oxygen atoms in total. The summed E-state index contributed by atoms with van der Waals surface area (Å²) in [4.78, 5) is 27.5. The van der Waals surface area contributed by atoms with Gasteiger partial charge < -0.3 is 9.47 Å². The van der Waals surface area contributed by atoms with E-state index >= 15 is 0 Å². The maximum Gasteiger partial charge on any atom is 0.410 e. The van der Waals surface area contributed by atoms with Gasteiger partial charge in [0.25, 0.3) is 0 Å². The van der Waals surface area contributed by atoms with Gasteiger partial charge in [0.1, 0.15) is 12.2 Å². The molecule has 0 saturated carbocycles. The Bertz CT molecular complexity index is 417. The van der Waals surface area contributed by atoms with E-state index < -0.39 is 5.60 Å². The molecule has 19 heavy (non-hydrogen) atoms. The van der Waals surface area contributed by atoms with E-state index in [1.54, 1.807) is 4.90 Å². The van der Waals surface area contributed by atoms with E-state index in [9.17, 15) is 9.59 Å². The Kier molecular flexibility index (Phi) is 2.66. The Labute approximate surface area is 112 Å². The number of ether oxygens (including phenoxy) is 2. The molecule has 3 aliphatic heterocycles. The molecule has 0 aromatic rings. The molecule has 0 radical (unpaired) electrons. The van der Waals surface area contributed by atoms with Gasteiger partial charge >= 0.3 is 12.2 Å². The standard InChI is InChI=1S/C13H20N2O4/c1-13(2,3)19-12(17)15-8-4-5-9(15)10-7-18-11(16)14(10)6-8/h8-10H,4-7H2,1-3H3/t8-,9+,10+/m0/s1. The highest BCUT2D eigenvalue weighted by molar-refractivity contribution is 5.74. The summed E-state index contributed by atoms with van der Waals surface area (Å²) in [6.45, 7) is 6.55. The number of amides is 2. The van der Waals surface area contributed by atoms with Crippen LogP contribution in [-0.4, -0.2) is 58.9 Å². The molecule has 0 aromatic heterocycles. The number of carbonyl (C=O) groups is 2. The van der Waals surface area contributed by atoms with Gasteiger partial charge in [0, 0.05) is 6.54 Å². The molecule has 3 rings (SSSR count). The number of cyclic esters (lactones) is 1. The lowest BCUT2D eigenvalue weighted by atomic mass is 10.1. The average Bonchev–Trinajstić information content (AvgIpc) is 2.79. The molecule has 0 aromatic carbocycles. The van der Waals surface area contributed by atoms with Crippen molar-refractivity contribution >= 4 is 12.2 Å². The minimum Gasteiger partial charge on any atom is -0.447 e. The van der Waals surface area contributed by atoms with Crippen molar-refractivity contribution in [3.8, 4) is 0 Å². The Morgan fingerprint density at radius 1 is 1.32 bits per heavy atom. The zero-order valence-electron chi connectivity index (χ0n) is 11.6. The smallest absolute Gasteiger partial charge is 0.410 e. The number of piperazine rings is 1. The van der Waals surface area contributed by atoms with E-state index in [0.29, 0.717) is 13.2 Å². The number of rotatable bonds is 0. The summed E-state index contributed by atoms with van der Waals surface area (Å²) in [6.07, 6.45) is 1.34. The van der Waals surface area contributed by atoms with Crippen LogP contribution in [0.4, 0.5) is 9.59 Å². The first-order chi connectivity index (χ1) is 8.87. The normalized spacial score (nSPS) is 33.2. The molecule has 3 fully saturated rings. The molecule has 0 N–H and O–H groups in total. The van der Waals surface area contributed by atoms with E-state index in [4.69, 9.17) is 9.47 Å². The fourth-order valence-electron chi connectivity index (χ4n) is 3.29. The van der Waals surface area contributed by atoms with Gasteiger partial charge in [-0.25, -0.2) is 9.59 Å². The number of hydrogen-bond acceptors (Lipinski definition) is 4. The van der Waals surface area contributed by atoms with Crippen LogP contribution in [0.5, 0.6) is 0 Å². The monoisotopic (exact) mass is 268 g/mol. The van der Waals surface area contributed by atoms with Crippen LogP contribution >= 0.6 is 0 Å². The highest BCUT2D eigenvalue weighted by Gasteiger charge is 2.53. The van der Waals surface area contributed by atoms with Crippen molar-refractivity contribution in [1.29, 1.82) is 0 Å². The summed E-state index contributed by atoms with van der Waals surface area (Å²) in [5.41, 5.74) is -0.490. The molecule has 6 heteroatoms. The van der Waals surface area contributed by atoms with Gasteiger partial charge in [-0.1, -0.05) is 0 Å². The maximum absolute atomic E-state index is 12.3. The first-order valence-electron chi connectivity index (χ1n) is 6.81. The Balaban J connectivity index is 1.78. The van der Waals surface area contributed by atoms with Crippen molar-refractivity contribution in [3.63, 3.8) is 0 Å². The lowest BCUT2D eigenvalue weighted by molar-refractivity contribution is -0.00760. The van der Waals surface area contributed by atoms with Gasteiger partial charge in [0.2, 0.25) is 0 Å². The largest absolute Gasteiger partial charge is 0.447 e. The summed E-state index contributed by atoms with van der Waals surface area (Å²) in [7, 11) is 0. The van der Waals surface area contributed by atoms with Crippen molar-refractivity contribution in [2.24, 2.45) is 0 Å². The molecular weight excluding hydrogens is 248 g/mol. The second-order valence-corrected chi connectivity index (χ2v) is 6.48. The van der Waals surface area contributed by atoms with Gasteiger partial charge in [-0.05, 0) is 33.6 Å². The summed E-state index contributed by atoms with van der Waals surface area (Å²) < 4.78 is 10.6. The highest BCUT2D eigenvalue weighted by atomic mass is 16.6. The topological polar surface area (TPSA) is 59.1 Å². The minimum atomic E-state index is -0.490. The zero-order valence-corrected chi connectivity index (χ0v) is 11.6. The molecule has 3 atom stereocenters. The third-order valence-electron chi connectivity index (χ3n) is 4.01. The van der Waals surface area contributed by atoms with Crippen LogP contribution in [-0.2, 0) is 9.47 Å². The van der Waals surface area contributed by atoms with Gasteiger partial charge in [0.15, 0.2) is 0 Å². The second kappa shape index (κ2) is 4.02. The van der Waals surface area contributed by atoms with E-state index in [1.165, 1.54) is 0 Å². The third kappa shape index (κ3) is 2.03. The number of hydrogen-bond donors (Lipinski definition) is 0. The third-order valence-corrected chi connectivity index (χ3v) is 4.01. The fraction of sp³-hybridized carbons (Fsp3) is 0.846. The Hall–Kier alpha value is -1.46. The van der Waals surface area contributed by atoms with E-state index in [0.717, 1.165) is 12.8 Å². The fourth-order valence-corrected chi connectivity index (χ4v) is 3.29. The summed E-state index contributed by atoms with van der Waals surface area (Å²) >= 11 is 0. The maximum atomic E-state index is 12.3.